The van der Waals surface area contributed by atoms with Gasteiger partial charge < -0.3 is 9.76 Å². The fraction of sp³-hybridized carbons (Fsp3) is 0.250. The lowest BCUT2D eigenvalue weighted by Crippen LogP contribution is -2.25. The van der Waals surface area contributed by atoms with Crippen LogP contribution in [0.1, 0.15) is 16.7 Å². The Kier molecular flexibility index (Phi) is 4.77. The highest BCUT2D eigenvalue weighted by Crippen LogP contribution is 2.07. The van der Waals surface area contributed by atoms with Crippen LogP contribution in [-0.2, 0) is 18.0 Å². The SMILES string of the molecule is CB(O)c1ccc(COCc2ccc(C)cc2)cc1. The van der Waals surface area contributed by atoms with Gasteiger partial charge in [-0.2, -0.15) is 0 Å². The van der Waals surface area contributed by atoms with E-state index in [0.29, 0.717) is 13.2 Å². The van der Waals surface area contributed by atoms with Gasteiger partial charge in [0.05, 0.1) is 13.2 Å². The molecule has 0 spiro atoms. The summed E-state index contributed by atoms with van der Waals surface area (Å²) in [6.45, 7) is 4.64. The zero-order valence-electron chi connectivity index (χ0n) is 11.5. The standard InChI is InChI=1S/C16H19BO2/c1-13-3-5-14(6-4-13)11-19-12-15-7-9-16(10-8-15)17(2)18/h3-10,18H,11-12H2,1-2H3. The lowest BCUT2D eigenvalue weighted by molar-refractivity contribution is 0.107. The van der Waals surface area contributed by atoms with E-state index in [9.17, 15) is 5.02 Å². The quantitative estimate of drug-likeness (QED) is 0.831. The van der Waals surface area contributed by atoms with Crippen LogP contribution in [0, 0.1) is 6.92 Å². The number of rotatable bonds is 5. The number of hydrogen-bond donors (Lipinski definition) is 1. The molecule has 0 aliphatic rings. The van der Waals surface area contributed by atoms with Crippen molar-refractivity contribution in [1.29, 1.82) is 0 Å². The van der Waals surface area contributed by atoms with Gasteiger partial charge in [-0.05, 0) is 23.5 Å². The van der Waals surface area contributed by atoms with Crippen molar-refractivity contribution in [2.24, 2.45) is 0 Å². The van der Waals surface area contributed by atoms with E-state index in [0.717, 1.165) is 11.0 Å². The smallest absolute Gasteiger partial charge is 0.320 e. The van der Waals surface area contributed by atoms with Crippen LogP contribution in [-0.4, -0.2) is 11.9 Å². The Morgan fingerprint density at radius 2 is 1.37 bits per heavy atom. The van der Waals surface area contributed by atoms with Crippen LogP contribution in [0.5, 0.6) is 0 Å². The average molecular weight is 254 g/mol. The van der Waals surface area contributed by atoms with Crippen LogP contribution >= 0.6 is 0 Å². The monoisotopic (exact) mass is 254 g/mol. The molecule has 1 N–H and O–H groups in total. The van der Waals surface area contributed by atoms with Gasteiger partial charge in [-0.1, -0.05) is 60.9 Å². The van der Waals surface area contributed by atoms with E-state index in [2.05, 4.69) is 31.2 Å². The molecule has 0 heterocycles. The van der Waals surface area contributed by atoms with Gasteiger partial charge in [-0.25, -0.2) is 0 Å². The van der Waals surface area contributed by atoms with Crippen molar-refractivity contribution in [2.45, 2.75) is 27.0 Å². The molecule has 0 radical (unpaired) electrons. The van der Waals surface area contributed by atoms with Crippen LogP contribution in [0.15, 0.2) is 48.5 Å². The Morgan fingerprint density at radius 1 is 0.895 bits per heavy atom. The molecule has 2 nitrogen and oxygen atoms in total. The summed E-state index contributed by atoms with van der Waals surface area (Å²) in [5.41, 5.74) is 4.50. The molecule has 2 aromatic rings. The molecule has 0 saturated heterocycles. The molecule has 2 aromatic carbocycles. The lowest BCUT2D eigenvalue weighted by atomic mass is 9.64. The zero-order valence-corrected chi connectivity index (χ0v) is 11.5. The first-order valence-electron chi connectivity index (χ1n) is 6.55. The summed E-state index contributed by atoms with van der Waals surface area (Å²) in [5.74, 6) is 0. The van der Waals surface area contributed by atoms with Crippen molar-refractivity contribution >= 4 is 12.4 Å². The summed E-state index contributed by atoms with van der Waals surface area (Å²) in [4.78, 5) is 0. The minimum Gasteiger partial charge on any atom is -0.447 e. The topological polar surface area (TPSA) is 29.5 Å². The van der Waals surface area contributed by atoms with Gasteiger partial charge in [0.1, 0.15) is 0 Å². The van der Waals surface area contributed by atoms with E-state index in [1.165, 1.54) is 11.1 Å². The third-order valence-corrected chi connectivity index (χ3v) is 3.12. The third kappa shape index (κ3) is 4.23. The van der Waals surface area contributed by atoms with Gasteiger partial charge in [0.25, 0.3) is 0 Å². The van der Waals surface area contributed by atoms with Crippen molar-refractivity contribution < 1.29 is 9.76 Å². The first-order chi connectivity index (χ1) is 9.15. The van der Waals surface area contributed by atoms with Crippen molar-refractivity contribution in [1.82, 2.24) is 0 Å². The van der Waals surface area contributed by atoms with E-state index >= 15 is 0 Å². The number of aryl methyl sites for hydroxylation is 1. The Balaban J connectivity index is 1.83. The highest BCUT2D eigenvalue weighted by atomic mass is 16.5. The van der Waals surface area contributed by atoms with Crippen molar-refractivity contribution in [2.75, 3.05) is 0 Å². The second-order valence-electron chi connectivity index (χ2n) is 4.90. The highest BCUT2D eigenvalue weighted by Gasteiger charge is 2.05. The van der Waals surface area contributed by atoms with E-state index < -0.39 is 6.92 Å². The van der Waals surface area contributed by atoms with Crippen LogP contribution in [0.4, 0.5) is 0 Å². The fourth-order valence-corrected chi connectivity index (χ4v) is 1.86. The molecule has 0 aromatic heterocycles. The normalized spacial score (nSPS) is 10.5. The molecule has 19 heavy (non-hydrogen) atoms. The van der Waals surface area contributed by atoms with Crippen molar-refractivity contribution in [3.8, 4) is 0 Å². The van der Waals surface area contributed by atoms with Crippen LogP contribution in [0.3, 0.4) is 0 Å². The third-order valence-electron chi connectivity index (χ3n) is 3.12. The molecule has 3 heteroatoms. The zero-order chi connectivity index (χ0) is 13.7. The minimum absolute atomic E-state index is 0.414. The molecule has 98 valence electrons. The van der Waals surface area contributed by atoms with E-state index in [-0.39, 0.29) is 0 Å². The predicted molar refractivity (Wildman–Crippen MR) is 79.6 cm³/mol. The van der Waals surface area contributed by atoms with E-state index in [1.54, 1.807) is 6.82 Å². The first kappa shape index (κ1) is 13.8. The van der Waals surface area contributed by atoms with E-state index in [1.807, 2.05) is 24.3 Å². The van der Waals surface area contributed by atoms with Gasteiger partial charge in [-0.3, -0.25) is 0 Å². The lowest BCUT2D eigenvalue weighted by Gasteiger charge is -2.06. The van der Waals surface area contributed by atoms with Gasteiger partial charge in [0, 0.05) is 0 Å². The molecule has 0 bridgehead atoms. The fourth-order valence-electron chi connectivity index (χ4n) is 1.86. The molecular formula is C16H19BO2. The summed E-state index contributed by atoms with van der Waals surface area (Å²) in [6, 6.07) is 16.2. The molecule has 0 amide bonds. The van der Waals surface area contributed by atoms with Crippen LogP contribution in [0.2, 0.25) is 6.82 Å². The summed E-state index contributed by atoms with van der Waals surface area (Å²) in [6.07, 6.45) is 0. The van der Waals surface area contributed by atoms with Gasteiger partial charge in [-0.15, -0.1) is 0 Å². The molecular weight excluding hydrogens is 235 g/mol. The number of benzene rings is 2. The van der Waals surface area contributed by atoms with Crippen molar-refractivity contribution in [3.63, 3.8) is 0 Å². The Morgan fingerprint density at radius 3 is 1.84 bits per heavy atom. The molecule has 0 aliphatic heterocycles. The summed E-state index contributed by atoms with van der Waals surface area (Å²) in [7, 11) is 0. The Bertz CT molecular complexity index is 503. The summed E-state index contributed by atoms with van der Waals surface area (Å²) < 4.78 is 5.68. The maximum atomic E-state index is 9.43. The highest BCUT2D eigenvalue weighted by molar-refractivity contribution is 6.64. The summed E-state index contributed by atoms with van der Waals surface area (Å²) in [5, 5.41) is 9.43. The maximum absolute atomic E-state index is 9.43. The molecule has 0 unspecified atom stereocenters. The Hall–Kier alpha value is -1.58. The largest absolute Gasteiger partial charge is 0.447 e. The number of ether oxygens (including phenoxy) is 1. The summed E-state index contributed by atoms with van der Waals surface area (Å²) >= 11 is 0. The molecule has 0 saturated carbocycles. The average Bonchev–Trinajstić information content (AvgIpc) is 2.41. The van der Waals surface area contributed by atoms with Gasteiger partial charge in [0.15, 0.2) is 0 Å². The van der Waals surface area contributed by atoms with E-state index in [4.69, 9.17) is 4.74 Å². The molecule has 0 aliphatic carbocycles. The number of hydrogen-bond acceptors (Lipinski definition) is 2. The second-order valence-corrected chi connectivity index (χ2v) is 4.90. The van der Waals surface area contributed by atoms with Gasteiger partial charge in [0.2, 0.25) is 0 Å². The van der Waals surface area contributed by atoms with Crippen molar-refractivity contribution in [3.05, 3.63) is 65.2 Å². The maximum Gasteiger partial charge on any atom is 0.320 e. The molecule has 0 fully saturated rings. The first-order valence-corrected chi connectivity index (χ1v) is 6.55. The Labute approximate surface area is 115 Å². The second kappa shape index (κ2) is 6.55. The predicted octanol–water partition coefficient (Wildman–Crippen LogP) is 2.53. The van der Waals surface area contributed by atoms with Crippen LogP contribution < -0.4 is 5.46 Å². The van der Waals surface area contributed by atoms with Crippen LogP contribution in [0.25, 0.3) is 0 Å². The van der Waals surface area contributed by atoms with Gasteiger partial charge >= 0.3 is 6.92 Å². The minimum atomic E-state index is -0.414. The molecule has 0 atom stereocenters. The molecule has 2 rings (SSSR count).